The second-order valence-corrected chi connectivity index (χ2v) is 3.43. The van der Waals surface area contributed by atoms with Gasteiger partial charge in [-0.05, 0) is 31.0 Å². The van der Waals surface area contributed by atoms with Crippen molar-refractivity contribution in [3.05, 3.63) is 29.8 Å². The Bertz CT molecular complexity index is 338. The molecule has 1 aromatic rings. The van der Waals surface area contributed by atoms with Gasteiger partial charge in [-0.1, -0.05) is 12.1 Å². The zero-order valence-corrected chi connectivity index (χ0v) is 8.92. The Hall–Kier alpha value is -1.23. The Morgan fingerprint density at radius 1 is 1.38 bits per heavy atom. The lowest BCUT2D eigenvalue weighted by molar-refractivity contribution is -0.147. The van der Waals surface area contributed by atoms with E-state index < -0.39 is 12.2 Å². The number of hydrogen-bond donors (Lipinski definition) is 1. The van der Waals surface area contributed by atoms with E-state index >= 15 is 0 Å². The maximum Gasteiger partial charge on any atom is 0.403 e. The molecule has 0 saturated carbocycles. The number of alkyl halides is 3. The Labute approximate surface area is 92.2 Å². The smallest absolute Gasteiger partial charge is 0.403 e. The topological polar surface area (TPSA) is 35.2 Å². The molecule has 90 valence electrons. The van der Waals surface area contributed by atoms with Crippen molar-refractivity contribution in [3.8, 4) is 5.75 Å². The lowest BCUT2D eigenvalue weighted by atomic mass is 10.1. The molecular weight excluding hydrogens is 219 g/mol. The third kappa shape index (κ3) is 3.73. The molecule has 0 fully saturated rings. The molecule has 1 aromatic carbocycles. The zero-order valence-electron chi connectivity index (χ0n) is 8.92. The number of hydrogen-bond acceptors (Lipinski definition) is 2. The largest absolute Gasteiger partial charge is 0.494 e. The Balaban J connectivity index is 2.70. The summed E-state index contributed by atoms with van der Waals surface area (Å²) in [5.41, 5.74) is 5.56. The molecule has 0 aliphatic heterocycles. The number of nitrogens with two attached hydrogens (primary N) is 1. The van der Waals surface area contributed by atoms with Crippen LogP contribution in [0, 0.1) is 0 Å². The maximum atomic E-state index is 12.2. The monoisotopic (exact) mass is 233 g/mol. The molecule has 0 saturated heterocycles. The van der Waals surface area contributed by atoms with E-state index in [2.05, 4.69) is 0 Å². The maximum absolute atomic E-state index is 12.2. The van der Waals surface area contributed by atoms with E-state index in [-0.39, 0.29) is 6.42 Å². The number of benzene rings is 1. The van der Waals surface area contributed by atoms with Crippen LogP contribution < -0.4 is 10.5 Å². The molecule has 1 rings (SSSR count). The molecule has 0 aliphatic rings. The number of halogens is 3. The number of rotatable bonds is 4. The van der Waals surface area contributed by atoms with Crippen molar-refractivity contribution in [1.29, 1.82) is 0 Å². The van der Waals surface area contributed by atoms with Crippen molar-refractivity contribution >= 4 is 0 Å². The minimum Gasteiger partial charge on any atom is -0.494 e. The van der Waals surface area contributed by atoms with Crippen molar-refractivity contribution in [1.82, 2.24) is 0 Å². The summed E-state index contributed by atoms with van der Waals surface area (Å²) in [5, 5.41) is 0. The van der Waals surface area contributed by atoms with Crippen molar-refractivity contribution in [3.63, 3.8) is 0 Å². The van der Waals surface area contributed by atoms with Gasteiger partial charge in [-0.3, -0.25) is 0 Å². The minimum atomic E-state index is -4.36. The molecule has 0 aromatic heterocycles. The summed E-state index contributed by atoms with van der Waals surface area (Å²) in [6.45, 7) is 2.29. The van der Waals surface area contributed by atoms with Gasteiger partial charge in [0.2, 0.25) is 0 Å². The first-order valence-corrected chi connectivity index (χ1v) is 4.97. The minimum absolute atomic E-state index is 0.232. The average Bonchev–Trinajstić information content (AvgIpc) is 2.17. The summed E-state index contributed by atoms with van der Waals surface area (Å²) in [5.74, 6) is 0.564. The van der Waals surface area contributed by atoms with E-state index in [4.69, 9.17) is 10.5 Å². The van der Waals surface area contributed by atoms with E-state index in [1.165, 1.54) is 0 Å². The highest BCUT2D eigenvalue weighted by Gasteiger charge is 2.36. The molecule has 0 aliphatic carbocycles. The van der Waals surface area contributed by atoms with E-state index in [1.807, 2.05) is 6.92 Å². The van der Waals surface area contributed by atoms with Gasteiger partial charge in [0.25, 0.3) is 0 Å². The van der Waals surface area contributed by atoms with Gasteiger partial charge in [-0.25, -0.2) is 0 Å². The molecule has 2 nitrogen and oxygen atoms in total. The lowest BCUT2D eigenvalue weighted by Crippen LogP contribution is -2.39. The fourth-order valence-electron chi connectivity index (χ4n) is 1.30. The molecule has 5 heteroatoms. The zero-order chi connectivity index (χ0) is 12.2. The molecule has 0 spiro atoms. The van der Waals surface area contributed by atoms with E-state index in [9.17, 15) is 13.2 Å². The average molecular weight is 233 g/mol. The second kappa shape index (κ2) is 5.21. The van der Waals surface area contributed by atoms with Crippen molar-refractivity contribution < 1.29 is 17.9 Å². The normalized spacial score (nSPS) is 13.6. The van der Waals surface area contributed by atoms with Gasteiger partial charge in [-0.2, -0.15) is 13.2 Å². The molecule has 0 radical (unpaired) electrons. The van der Waals surface area contributed by atoms with Crippen LogP contribution in [0.2, 0.25) is 0 Å². The summed E-state index contributed by atoms with van der Waals surface area (Å²) >= 11 is 0. The van der Waals surface area contributed by atoms with Gasteiger partial charge >= 0.3 is 6.18 Å². The van der Waals surface area contributed by atoms with E-state index in [0.29, 0.717) is 17.9 Å². The Morgan fingerprint density at radius 2 is 2.06 bits per heavy atom. The molecule has 16 heavy (non-hydrogen) atoms. The molecular formula is C11H14F3NO. The summed E-state index contributed by atoms with van der Waals surface area (Å²) in [6.07, 6.45) is -4.59. The highest BCUT2D eigenvalue weighted by Crippen LogP contribution is 2.22. The van der Waals surface area contributed by atoms with Crippen LogP contribution in [0.1, 0.15) is 12.5 Å². The summed E-state index contributed by atoms with van der Waals surface area (Å²) in [6, 6.07) is 4.71. The lowest BCUT2D eigenvalue weighted by Gasteiger charge is -2.15. The van der Waals surface area contributed by atoms with Gasteiger partial charge in [0.15, 0.2) is 0 Å². The predicted octanol–water partition coefficient (Wildman–Crippen LogP) is 2.52. The summed E-state index contributed by atoms with van der Waals surface area (Å²) < 4.78 is 41.9. The van der Waals surface area contributed by atoms with Gasteiger partial charge < -0.3 is 10.5 Å². The molecule has 0 unspecified atom stereocenters. The standard InChI is InChI=1S/C11H14F3NO/c1-2-16-9-5-3-4-8(6-9)7-10(15)11(12,13)14/h3-6,10H,2,7,15H2,1H3/t10-/m0/s1. The van der Waals surface area contributed by atoms with Crippen molar-refractivity contribution in [2.24, 2.45) is 5.73 Å². The first kappa shape index (κ1) is 12.8. The summed E-state index contributed by atoms with van der Waals surface area (Å²) in [7, 11) is 0. The molecule has 0 amide bonds. The van der Waals surface area contributed by atoms with Gasteiger partial charge in [0, 0.05) is 0 Å². The molecule has 1 atom stereocenters. The second-order valence-electron chi connectivity index (χ2n) is 3.43. The van der Waals surface area contributed by atoms with Crippen molar-refractivity contribution in [2.75, 3.05) is 6.61 Å². The molecule has 2 N–H and O–H groups in total. The molecule has 0 heterocycles. The first-order valence-electron chi connectivity index (χ1n) is 4.97. The third-order valence-electron chi connectivity index (χ3n) is 2.09. The Morgan fingerprint density at radius 3 is 2.62 bits per heavy atom. The Kier molecular flexibility index (Phi) is 4.18. The first-order chi connectivity index (χ1) is 7.43. The predicted molar refractivity (Wildman–Crippen MR) is 55.3 cm³/mol. The third-order valence-corrected chi connectivity index (χ3v) is 2.09. The quantitative estimate of drug-likeness (QED) is 0.867. The van der Waals surface area contributed by atoms with Crippen molar-refractivity contribution in [2.45, 2.75) is 25.6 Å². The van der Waals surface area contributed by atoms with Crippen LogP contribution in [-0.4, -0.2) is 18.8 Å². The fraction of sp³-hybridized carbons (Fsp3) is 0.455. The van der Waals surface area contributed by atoms with Crippen LogP contribution in [0.25, 0.3) is 0 Å². The van der Waals surface area contributed by atoms with E-state index in [1.54, 1.807) is 24.3 Å². The fourth-order valence-corrected chi connectivity index (χ4v) is 1.30. The van der Waals surface area contributed by atoms with Crippen LogP contribution >= 0.6 is 0 Å². The van der Waals surface area contributed by atoms with Gasteiger partial charge in [-0.15, -0.1) is 0 Å². The highest BCUT2D eigenvalue weighted by atomic mass is 19.4. The molecule has 0 bridgehead atoms. The van der Waals surface area contributed by atoms with Gasteiger partial charge in [0.1, 0.15) is 11.8 Å². The number of ether oxygens (including phenoxy) is 1. The van der Waals surface area contributed by atoms with Crippen LogP contribution in [0.3, 0.4) is 0 Å². The highest BCUT2D eigenvalue weighted by molar-refractivity contribution is 5.29. The van der Waals surface area contributed by atoms with Crippen LogP contribution in [-0.2, 0) is 6.42 Å². The van der Waals surface area contributed by atoms with Crippen LogP contribution in [0.4, 0.5) is 13.2 Å². The van der Waals surface area contributed by atoms with Crippen LogP contribution in [0.15, 0.2) is 24.3 Å². The van der Waals surface area contributed by atoms with E-state index in [0.717, 1.165) is 0 Å². The van der Waals surface area contributed by atoms with Crippen LogP contribution in [0.5, 0.6) is 5.75 Å². The van der Waals surface area contributed by atoms with Gasteiger partial charge in [0.05, 0.1) is 6.61 Å². The summed E-state index contributed by atoms with van der Waals surface area (Å²) in [4.78, 5) is 0. The SMILES string of the molecule is CCOc1cccc(C[C@H](N)C(F)(F)F)c1.